The van der Waals surface area contributed by atoms with Crippen LogP contribution in [-0.4, -0.2) is 21.3 Å². The molecule has 0 spiro atoms. The first-order chi connectivity index (χ1) is 6.64. The molecule has 14 heavy (non-hydrogen) atoms. The van der Waals surface area contributed by atoms with E-state index in [0.29, 0.717) is 6.42 Å². The van der Waals surface area contributed by atoms with Crippen molar-refractivity contribution in [2.24, 2.45) is 5.73 Å². The SMILES string of the molecule is CC(N)(C#N)CCSc1ncccn1. The summed E-state index contributed by atoms with van der Waals surface area (Å²) in [6.07, 6.45) is 4.02. The third-order valence-electron chi connectivity index (χ3n) is 1.65. The van der Waals surface area contributed by atoms with Gasteiger partial charge in [-0.3, -0.25) is 0 Å². The van der Waals surface area contributed by atoms with Crippen molar-refractivity contribution >= 4 is 11.8 Å². The van der Waals surface area contributed by atoms with E-state index in [0.717, 1.165) is 10.9 Å². The minimum absolute atomic E-state index is 0.631. The zero-order chi connectivity index (χ0) is 10.4. The number of hydrogen-bond donors (Lipinski definition) is 1. The number of nitriles is 1. The van der Waals surface area contributed by atoms with Crippen molar-refractivity contribution in [3.8, 4) is 6.07 Å². The molecule has 0 saturated carbocycles. The zero-order valence-electron chi connectivity index (χ0n) is 7.97. The Balaban J connectivity index is 2.34. The Labute approximate surface area is 87.6 Å². The van der Waals surface area contributed by atoms with Crippen molar-refractivity contribution in [1.82, 2.24) is 9.97 Å². The lowest BCUT2D eigenvalue weighted by atomic mass is 10.0. The molecule has 0 amide bonds. The quantitative estimate of drug-likeness (QED) is 0.594. The van der Waals surface area contributed by atoms with Crippen LogP contribution in [-0.2, 0) is 0 Å². The van der Waals surface area contributed by atoms with Crippen molar-refractivity contribution < 1.29 is 0 Å². The fourth-order valence-corrected chi connectivity index (χ4v) is 1.75. The lowest BCUT2D eigenvalue weighted by Crippen LogP contribution is -2.34. The first-order valence-electron chi connectivity index (χ1n) is 4.24. The first kappa shape index (κ1) is 11.0. The molecule has 74 valence electrons. The minimum atomic E-state index is -0.748. The summed E-state index contributed by atoms with van der Waals surface area (Å²) in [7, 11) is 0. The second-order valence-corrected chi connectivity index (χ2v) is 4.22. The highest BCUT2D eigenvalue weighted by Crippen LogP contribution is 2.16. The van der Waals surface area contributed by atoms with E-state index in [9.17, 15) is 0 Å². The van der Waals surface area contributed by atoms with Crippen molar-refractivity contribution in [3.63, 3.8) is 0 Å². The Hall–Kier alpha value is -1.12. The van der Waals surface area contributed by atoms with E-state index in [2.05, 4.69) is 16.0 Å². The molecule has 0 radical (unpaired) electrons. The molecule has 5 heteroatoms. The highest BCUT2D eigenvalue weighted by atomic mass is 32.2. The summed E-state index contributed by atoms with van der Waals surface area (Å²) in [6.45, 7) is 1.72. The molecule has 1 unspecified atom stereocenters. The van der Waals surface area contributed by atoms with Crippen molar-refractivity contribution in [3.05, 3.63) is 18.5 Å². The average molecular weight is 208 g/mol. The molecule has 0 aliphatic rings. The standard InChI is InChI=1S/C9H12N4S/c1-9(11,7-10)3-6-14-8-12-4-2-5-13-8/h2,4-5H,3,6,11H2,1H3. The number of aromatic nitrogens is 2. The molecule has 0 fully saturated rings. The fraction of sp³-hybridized carbons (Fsp3) is 0.444. The monoisotopic (exact) mass is 208 g/mol. The van der Waals surface area contributed by atoms with Gasteiger partial charge in [-0.15, -0.1) is 0 Å². The van der Waals surface area contributed by atoms with Gasteiger partial charge in [0.2, 0.25) is 0 Å². The van der Waals surface area contributed by atoms with Gasteiger partial charge in [0.05, 0.1) is 6.07 Å². The molecular weight excluding hydrogens is 196 g/mol. The van der Waals surface area contributed by atoms with E-state index in [1.165, 1.54) is 11.8 Å². The summed E-state index contributed by atoms with van der Waals surface area (Å²) < 4.78 is 0. The van der Waals surface area contributed by atoms with Crippen LogP contribution in [0.4, 0.5) is 0 Å². The third kappa shape index (κ3) is 3.73. The second kappa shape index (κ2) is 4.94. The van der Waals surface area contributed by atoms with E-state index in [-0.39, 0.29) is 0 Å². The Morgan fingerprint density at radius 3 is 2.79 bits per heavy atom. The Morgan fingerprint density at radius 1 is 1.57 bits per heavy atom. The number of hydrogen-bond acceptors (Lipinski definition) is 5. The van der Waals surface area contributed by atoms with Crippen LogP contribution in [0.15, 0.2) is 23.6 Å². The van der Waals surface area contributed by atoms with Crippen LogP contribution in [0.5, 0.6) is 0 Å². The summed E-state index contributed by atoms with van der Waals surface area (Å²) in [6, 6.07) is 3.82. The van der Waals surface area contributed by atoms with Crippen molar-refractivity contribution in [2.45, 2.75) is 24.0 Å². The molecule has 2 N–H and O–H groups in total. The van der Waals surface area contributed by atoms with Gasteiger partial charge in [-0.2, -0.15) is 5.26 Å². The Morgan fingerprint density at radius 2 is 2.21 bits per heavy atom. The highest BCUT2D eigenvalue weighted by Gasteiger charge is 2.16. The smallest absolute Gasteiger partial charge is 0.187 e. The van der Waals surface area contributed by atoms with Gasteiger partial charge in [-0.1, -0.05) is 11.8 Å². The molecule has 1 atom stereocenters. The topological polar surface area (TPSA) is 75.6 Å². The van der Waals surface area contributed by atoms with E-state index in [4.69, 9.17) is 11.0 Å². The predicted molar refractivity (Wildman–Crippen MR) is 55.6 cm³/mol. The molecule has 0 aliphatic carbocycles. The van der Waals surface area contributed by atoms with Crippen LogP contribution >= 0.6 is 11.8 Å². The maximum atomic E-state index is 8.68. The van der Waals surface area contributed by atoms with E-state index >= 15 is 0 Å². The maximum Gasteiger partial charge on any atom is 0.187 e. The van der Waals surface area contributed by atoms with Crippen LogP contribution in [0.3, 0.4) is 0 Å². The minimum Gasteiger partial charge on any atom is -0.314 e. The summed E-state index contributed by atoms with van der Waals surface area (Å²) in [5.74, 6) is 0.755. The van der Waals surface area contributed by atoms with Crippen LogP contribution in [0.2, 0.25) is 0 Å². The lowest BCUT2D eigenvalue weighted by molar-refractivity contribution is 0.583. The number of rotatable bonds is 4. The number of nitrogens with two attached hydrogens (primary N) is 1. The summed E-state index contributed by atoms with van der Waals surface area (Å²) >= 11 is 1.51. The van der Waals surface area contributed by atoms with E-state index in [1.54, 1.807) is 25.4 Å². The van der Waals surface area contributed by atoms with Gasteiger partial charge in [0.1, 0.15) is 5.54 Å². The molecule has 0 aliphatic heterocycles. The molecule has 0 bridgehead atoms. The predicted octanol–water partition coefficient (Wildman–Crippen LogP) is 1.20. The second-order valence-electron chi connectivity index (χ2n) is 3.16. The largest absolute Gasteiger partial charge is 0.314 e. The van der Waals surface area contributed by atoms with Gasteiger partial charge in [0.15, 0.2) is 5.16 Å². The van der Waals surface area contributed by atoms with Gasteiger partial charge in [-0.25, -0.2) is 9.97 Å². The van der Waals surface area contributed by atoms with Crippen LogP contribution in [0.25, 0.3) is 0 Å². The molecule has 1 rings (SSSR count). The first-order valence-corrected chi connectivity index (χ1v) is 5.22. The molecule has 1 aromatic rings. The van der Waals surface area contributed by atoms with Crippen LogP contribution in [0, 0.1) is 11.3 Å². The van der Waals surface area contributed by atoms with Crippen LogP contribution in [0.1, 0.15) is 13.3 Å². The van der Waals surface area contributed by atoms with Gasteiger partial charge < -0.3 is 5.73 Å². The Kier molecular flexibility index (Phi) is 3.86. The van der Waals surface area contributed by atoms with Gasteiger partial charge >= 0.3 is 0 Å². The fourth-order valence-electron chi connectivity index (χ4n) is 0.770. The molecule has 0 aromatic carbocycles. The number of nitrogens with zero attached hydrogens (tertiary/aromatic N) is 3. The van der Waals surface area contributed by atoms with Gasteiger partial charge in [0.25, 0.3) is 0 Å². The zero-order valence-corrected chi connectivity index (χ0v) is 8.79. The van der Waals surface area contributed by atoms with Crippen LogP contribution < -0.4 is 5.73 Å². The summed E-state index contributed by atoms with van der Waals surface area (Å²) in [5, 5.41) is 9.40. The van der Waals surface area contributed by atoms with Crippen molar-refractivity contribution in [1.29, 1.82) is 5.26 Å². The number of thioether (sulfide) groups is 1. The molecule has 1 heterocycles. The molecule has 4 nitrogen and oxygen atoms in total. The summed E-state index contributed by atoms with van der Waals surface area (Å²) in [5.41, 5.74) is 4.92. The maximum absolute atomic E-state index is 8.68. The Bertz CT molecular complexity index is 317. The van der Waals surface area contributed by atoms with Gasteiger partial charge in [0, 0.05) is 18.1 Å². The lowest BCUT2D eigenvalue weighted by Gasteiger charge is -2.13. The summed E-state index contributed by atoms with van der Waals surface area (Å²) in [4.78, 5) is 8.10. The molecule has 0 saturated heterocycles. The highest BCUT2D eigenvalue weighted by molar-refractivity contribution is 7.99. The average Bonchev–Trinajstić information content (AvgIpc) is 2.19. The van der Waals surface area contributed by atoms with Crippen molar-refractivity contribution in [2.75, 3.05) is 5.75 Å². The molecule has 1 aromatic heterocycles. The van der Waals surface area contributed by atoms with E-state index in [1.807, 2.05) is 0 Å². The van der Waals surface area contributed by atoms with Gasteiger partial charge in [-0.05, 0) is 19.4 Å². The normalized spacial score (nSPS) is 14.4. The molecular formula is C9H12N4S. The van der Waals surface area contributed by atoms with E-state index < -0.39 is 5.54 Å². The third-order valence-corrected chi connectivity index (χ3v) is 2.53.